The van der Waals surface area contributed by atoms with E-state index < -0.39 is 0 Å². The van der Waals surface area contributed by atoms with Crippen molar-refractivity contribution < 1.29 is 0 Å². The fourth-order valence-electron chi connectivity index (χ4n) is 2.71. The molecule has 7 heteroatoms. The monoisotopic (exact) mass is 343 g/mol. The number of hydrogen-bond acceptors (Lipinski definition) is 7. The number of pyridine rings is 1. The van der Waals surface area contributed by atoms with Crippen LogP contribution in [-0.4, -0.2) is 27.2 Å². The van der Waals surface area contributed by atoms with Crippen molar-refractivity contribution >= 4 is 27.8 Å². The molecule has 0 bridgehead atoms. The summed E-state index contributed by atoms with van der Waals surface area (Å²) in [5, 5.41) is 11.5. The normalized spacial score (nSPS) is 13.8. The number of fused-ring (bicyclic) bond motifs is 1. The van der Waals surface area contributed by atoms with Gasteiger partial charge in [0.1, 0.15) is 10.7 Å². The lowest BCUT2D eigenvalue weighted by Gasteiger charge is -2.12. The summed E-state index contributed by atoms with van der Waals surface area (Å²) in [4.78, 5) is 12.7. The third-order valence-electron chi connectivity index (χ3n) is 3.89. The van der Waals surface area contributed by atoms with Gasteiger partial charge in [0, 0.05) is 18.1 Å². The number of anilines is 1. The van der Waals surface area contributed by atoms with E-state index in [0.717, 1.165) is 28.8 Å². The van der Waals surface area contributed by atoms with Crippen LogP contribution in [-0.2, 0) is 19.4 Å². The van der Waals surface area contributed by atoms with Crippen LogP contribution in [0.15, 0.2) is 24.4 Å². The van der Waals surface area contributed by atoms with Crippen molar-refractivity contribution in [1.82, 2.24) is 20.2 Å². The van der Waals surface area contributed by atoms with Gasteiger partial charge in [0.05, 0.1) is 12.2 Å². The van der Waals surface area contributed by atoms with Crippen LogP contribution in [0.4, 0.5) is 5.13 Å². The number of aryl methyl sites for hydroxylation is 2. The molecular weight excluding hydrogens is 326 g/mol. The van der Waals surface area contributed by atoms with Crippen molar-refractivity contribution in [3.63, 3.8) is 0 Å². The van der Waals surface area contributed by atoms with Gasteiger partial charge in [-0.1, -0.05) is 17.4 Å². The summed E-state index contributed by atoms with van der Waals surface area (Å²) in [7, 11) is 2.04. The molecule has 0 saturated heterocycles. The maximum Gasteiger partial charge on any atom is 0.208 e. The molecule has 0 fully saturated rings. The minimum Gasteiger partial charge on any atom is -0.343 e. The van der Waals surface area contributed by atoms with Crippen LogP contribution in [0.3, 0.4) is 0 Å². The Hall–Kier alpha value is -1.86. The highest BCUT2D eigenvalue weighted by atomic mass is 32.1. The highest BCUT2D eigenvalue weighted by molar-refractivity contribution is 7.18. The molecule has 3 heterocycles. The van der Waals surface area contributed by atoms with Gasteiger partial charge in [0.15, 0.2) is 5.01 Å². The molecular formula is C16H17N5S2. The molecule has 0 N–H and O–H groups in total. The van der Waals surface area contributed by atoms with E-state index in [2.05, 4.69) is 20.1 Å². The minimum atomic E-state index is 0.786. The summed E-state index contributed by atoms with van der Waals surface area (Å²) in [5.41, 5.74) is 2.19. The Bertz CT molecular complexity index is 772. The fraction of sp³-hybridized carbons (Fsp3) is 0.375. The molecule has 3 aromatic heterocycles. The third kappa shape index (κ3) is 3.11. The van der Waals surface area contributed by atoms with E-state index in [1.165, 1.54) is 34.8 Å². The second-order valence-corrected chi connectivity index (χ2v) is 7.77. The van der Waals surface area contributed by atoms with E-state index in [1.54, 1.807) is 17.5 Å². The summed E-state index contributed by atoms with van der Waals surface area (Å²) in [5.74, 6) is 0. The molecule has 1 aliphatic carbocycles. The van der Waals surface area contributed by atoms with Gasteiger partial charge in [-0.15, -0.1) is 21.5 Å². The summed E-state index contributed by atoms with van der Waals surface area (Å²) in [6.45, 7) is 0.786. The van der Waals surface area contributed by atoms with Crippen LogP contribution in [0.2, 0.25) is 0 Å². The number of nitrogens with zero attached hydrogens (tertiary/aromatic N) is 5. The van der Waals surface area contributed by atoms with Gasteiger partial charge in [-0.3, -0.25) is 4.98 Å². The van der Waals surface area contributed by atoms with Crippen molar-refractivity contribution in [2.24, 2.45) is 0 Å². The summed E-state index contributed by atoms with van der Waals surface area (Å²) in [6, 6.07) is 5.83. The van der Waals surface area contributed by atoms with Crippen LogP contribution >= 0.6 is 22.7 Å². The van der Waals surface area contributed by atoms with Crippen LogP contribution in [0.25, 0.3) is 10.7 Å². The molecule has 0 spiro atoms. The first kappa shape index (κ1) is 14.7. The van der Waals surface area contributed by atoms with Crippen molar-refractivity contribution in [3.8, 4) is 10.7 Å². The van der Waals surface area contributed by atoms with E-state index in [4.69, 9.17) is 4.98 Å². The third-order valence-corrected chi connectivity index (χ3v) is 6.09. The Labute approximate surface area is 143 Å². The Morgan fingerprint density at radius 1 is 1.13 bits per heavy atom. The lowest BCUT2D eigenvalue weighted by Crippen LogP contribution is -2.16. The van der Waals surface area contributed by atoms with Gasteiger partial charge in [-0.2, -0.15) is 0 Å². The lowest BCUT2D eigenvalue weighted by atomic mass is 10.0. The molecule has 4 rings (SSSR count). The van der Waals surface area contributed by atoms with Crippen molar-refractivity contribution in [2.45, 2.75) is 32.2 Å². The topological polar surface area (TPSA) is 54.8 Å². The van der Waals surface area contributed by atoms with Crippen LogP contribution in [0.1, 0.15) is 28.4 Å². The smallest absolute Gasteiger partial charge is 0.208 e. The molecule has 1 aliphatic rings. The average Bonchev–Trinajstić information content (AvgIpc) is 3.22. The van der Waals surface area contributed by atoms with E-state index in [9.17, 15) is 0 Å². The standard InChI is InChI=1S/C16H17N5S2/c1-21(10-14-18-11-6-2-3-8-13(11)22-14)16-20-19-15(23-16)12-7-4-5-9-17-12/h4-5,7,9H,2-3,6,8,10H2,1H3. The molecule has 3 aromatic rings. The molecule has 0 radical (unpaired) electrons. The van der Waals surface area contributed by atoms with E-state index in [0.29, 0.717) is 0 Å². The molecule has 118 valence electrons. The Kier molecular flexibility index (Phi) is 4.05. The molecule has 0 aliphatic heterocycles. The predicted molar refractivity (Wildman–Crippen MR) is 94.0 cm³/mol. The van der Waals surface area contributed by atoms with Crippen LogP contribution in [0, 0.1) is 0 Å². The first-order valence-electron chi connectivity index (χ1n) is 7.73. The van der Waals surface area contributed by atoms with E-state index >= 15 is 0 Å². The van der Waals surface area contributed by atoms with Gasteiger partial charge >= 0.3 is 0 Å². The summed E-state index contributed by atoms with van der Waals surface area (Å²) >= 11 is 3.42. The Morgan fingerprint density at radius 3 is 2.87 bits per heavy atom. The Balaban J connectivity index is 1.50. The number of aromatic nitrogens is 4. The zero-order valence-corrected chi connectivity index (χ0v) is 14.5. The molecule has 5 nitrogen and oxygen atoms in total. The molecule has 23 heavy (non-hydrogen) atoms. The summed E-state index contributed by atoms with van der Waals surface area (Å²) < 4.78 is 0. The highest BCUT2D eigenvalue weighted by Crippen LogP contribution is 2.30. The van der Waals surface area contributed by atoms with Gasteiger partial charge in [0.2, 0.25) is 5.13 Å². The van der Waals surface area contributed by atoms with Gasteiger partial charge in [-0.25, -0.2) is 4.98 Å². The number of thiazole rings is 1. The molecule has 0 saturated carbocycles. The second kappa shape index (κ2) is 6.33. The largest absolute Gasteiger partial charge is 0.343 e. The number of hydrogen-bond donors (Lipinski definition) is 0. The number of rotatable bonds is 4. The zero-order chi connectivity index (χ0) is 15.6. The molecule has 0 atom stereocenters. The predicted octanol–water partition coefficient (Wildman–Crippen LogP) is 3.57. The van der Waals surface area contributed by atoms with E-state index in [-0.39, 0.29) is 0 Å². The van der Waals surface area contributed by atoms with Gasteiger partial charge in [-0.05, 0) is 37.8 Å². The van der Waals surface area contributed by atoms with Crippen molar-refractivity contribution in [1.29, 1.82) is 0 Å². The SMILES string of the molecule is CN(Cc1nc2c(s1)CCCC2)c1nnc(-c2ccccn2)s1. The van der Waals surface area contributed by atoms with Crippen molar-refractivity contribution in [3.05, 3.63) is 40.0 Å². The average molecular weight is 343 g/mol. The zero-order valence-electron chi connectivity index (χ0n) is 12.9. The molecule has 0 amide bonds. The lowest BCUT2D eigenvalue weighted by molar-refractivity contribution is 0.680. The summed E-state index contributed by atoms with van der Waals surface area (Å²) in [6.07, 6.45) is 6.68. The maximum atomic E-state index is 4.80. The first-order chi connectivity index (χ1) is 11.3. The molecule has 0 unspecified atom stereocenters. The van der Waals surface area contributed by atoms with Crippen molar-refractivity contribution in [2.75, 3.05) is 11.9 Å². The quantitative estimate of drug-likeness (QED) is 0.725. The molecule has 0 aromatic carbocycles. The van der Waals surface area contributed by atoms with Gasteiger partial charge in [0.25, 0.3) is 0 Å². The highest BCUT2D eigenvalue weighted by Gasteiger charge is 2.17. The first-order valence-corrected chi connectivity index (χ1v) is 9.36. The maximum absolute atomic E-state index is 4.80. The van der Waals surface area contributed by atoms with Crippen LogP contribution < -0.4 is 4.90 Å². The van der Waals surface area contributed by atoms with Gasteiger partial charge < -0.3 is 4.90 Å². The Morgan fingerprint density at radius 2 is 2.04 bits per heavy atom. The fourth-order valence-corrected chi connectivity index (χ4v) is 4.70. The second-order valence-electron chi connectivity index (χ2n) is 5.65. The van der Waals surface area contributed by atoms with E-state index in [1.807, 2.05) is 36.6 Å². The minimum absolute atomic E-state index is 0.786. The van der Waals surface area contributed by atoms with Crippen LogP contribution in [0.5, 0.6) is 0 Å².